The number of ether oxygens (including phenoxy) is 1. The Morgan fingerprint density at radius 2 is 1.96 bits per heavy atom. The van der Waals surface area contributed by atoms with E-state index in [9.17, 15) is 4.79 Å². The van der Waals surface area contributed by atoms with Gasteiger partial charge in [-0.3, -0.25) is 4.79 Å². The van der Waals surface area contributed by atoms with E-state index in [1.54, 1.807) is 12.3 Å². The van der Waals surface area contributed by atoms with Gasteiger partial charge in [0.25, 0.3) is 5.91 Å². The molecule has 0 unspecified atom stereocenters. The van der Waals surface area contributed by atoms with Crippen molar-refractivity contribution in [3.8, 4) is 0 Å². The number of aromatic nitrogens is 1. The van der Waals surface area contributed by atoms with E-state index >= 15 is 0 Å². The second-order valence-corrected chi connectivity index (χ2v) is 5.72. The molecule has 1 aromatic heterocycles. The largest absolute Gasteiger partial charge is 0.399 e. The molecule has 6 nitrogen and oxygen atoms in total. The Morgan fingerprint density at radius 1 is 1.21 bits per heavy atom. The number of nitrogens with one attached hydrogen (secondary N) is 1. The van der Waals surface area contributed by atoms with Crippen LogP contribution >= 0.6 is 0 Å². The van der Waals surface area contributed by atoms with Gasteiger partial charge in [-0.1, -0.05) is 12.1 Å². The van der Waals surface area contributed by atoms with E-state index in [4.69, 9.17) is 10.5 Å². The van der Waals surface area contributed by atoms with Crippen LogP contribution in [-0.4, -0.2) is 43.7 Å². The zero-order valence-corrected chi connectivity index (χ0v) is 13.6. The van der Waals surface area contributed by atoms with E-state index < -0.39 is 0 Å². The number of benzene rings is 1. The van der Waals surface area contributed by atoms with Gasteiger partial charge in [-0.05, 0) is 36.2 Å². The Hall–Kier alpha value is -2.60. The third-order valence-corrected chi connectivity index (χ3v) is 4.02. The molecule has 0 saturated carbocycles. The lowest BCUT2D eigenvalue weighted by molar-refractivity contribution is 0.0952. The molecule has 0 atom stereocenters. The summed E-state index contributed by atoms with van der Waals surface area (Å²) >= 11 is 0. The number of carbonyl (C=O) groups is 1. The zero-order chi connectivity index (χ0) is 16.8. The van der Waals surface area contributed by atoms with E-state index in [0.29, 0.717) is 25.3 Å². The van der Waals surface area contributed by atoms with Crippen LogP contribution in [0, 0.1) is 0 Å². The first-order valence-electron chi connectivity index (χ1n) is 8.14. The highest BCUT2D eigenvalue weighted by molar-refractivity contribution is 5.98. The summed E-state index contributed by atoms with van der Waals surface area (Å²) in [6.45, 7) is 3.40. The lowest BCUT2D eigenvalue weighted by Gasteiger charge is -2.29. The lowest BCUT2D eigenvalue weighted by Crippen LogP contribution is -2.38. The number of pyridine rings is 1. The summed E-state index contributed by atoms with van der Waals surface area (Å²) < 4.78 is 5.36. The van der Waals surface area contributed by atoms with Crippen molar-refractivity contribution in [3.63, 3.8) is 0 Å². The molecule has 0 bridgehead atoms. The molecule has 0 spiro atoms. The number of carbonyl (C=O) groups excluding carboxylic acids is 1. The third kappa shape index (κ3) is 4.02. The normalized spacial score (nSPS) is 14.4. The minimum absolute atomic E-state index is 0.0972. The molecule has 3 N–H and O–H groups in total. The molecule has 1 aromatic carbocycles. The Bertz CT molecular complexity index is 682. The number of nitrogen functional groups attached to an aromatic ring is 1. The summed E-state index contributed by atoms with van der Waals surface area (Å²) in [5.74, 6) is 0.630. The molecule has 0 aliphatic carbocycles. The smallest absolute Gasteiger partial charge is 0.255 e. The number of rotatable bonds is 5. The number of amides is 1. The number of morpholine rings is 1. The van der Waals surface area contributed by atoms with Crippen LogP contribution in [0.3, 0.4) is 0 Å². The zero-order valence-electron chi connectivity index (χ0n) is 13.6. The molecule has 1 fully saturated rings. The van der Waals surface area contributed by atoms with Crippen LogP contribution in [0.15, 0.2) is 42.6 Å². The molecular formula is C18H22N4O2. The molecule has 1 aliphatic rings. The lowest BCUT2D eigenvalue weighted by atomic mass is 10.1. The molecule has 2 aromatic rings. The second-order valence-electron chi connectivity index (χ2n) is 5.72. The predicted molar refractivity (Wildman–Crippen MR) is 94.2 cm³/mol. The number of anilines is 2. The van der Waals surface area contributed by atoms with E-state index in [-0.39, 0.29) is 5.91 Å². The average Bonchev–Trinajstić information content (AvgIpc) is 2.64. The van der Waals surface area contributed by atoms with Crippen molar-refractivity contribution in [2.24, 2.45) is 0 Å². The van der Waals surface area contributed by atoms with Crippen molar-refractivity contribution in [1.82, 2.24) is 10.3 Å². The summed E-state index contributed by atoms with van der Waals surface area (Å²) in [6.07, 6.45) is 2.48. The number of hydrogen-bond donors (Lipinski definition) is 2. The molecule has 6 heteroatoms. The van der Waals surface area contributed by atoms with Gasteiger partial charge in [0.1, 0.15) is 5.82 Å². The van der Waals surface area contributed by atoms with E-state index in [2.05, 4.69) is 15.2 Å². The highest BCUT2D eigenvalue weighted by Gasteiger charge is 2.19. The quantitative estimate of drug-likeness (QED) is 0.814. The summed E-state index contributed by atoms with van der Waals surface area (Å²) in [7, 11) is 0. The van der Waals surface area contributed by atoms with Crippen molar-refractivity contribution in [2.75, 3.05) is 43.5 Å². The van der Waals surface area contributed by atoms with Crippen LogP contribution in [0.1, 0.15) is 15.9 Å². The number of hydrogen-bond acceptors (Lipinski definition) is 5. The summed E-state index contributed by atoms with van der Waals surface area (Å²) in [5.41, 5.74) is 8.17. The molecule has 126 valence electrons. The van der Waals surface area contributed by atoms with Crippen molar-refractivity contribution in [2.45, 2.75) is 6.42 Å². The highest BCUT2D eigenvalue weighted by Crippen LogP contribution is 2.18. The van der Waals surface area contributed by atoms with Gasteiger partial charge in [-0.2, -0.15) is 0 Å². The predicted octanol–water partition coefficient (Wildman–Crippen LogP) is 1.47. The monoisotopic (exact) mass is 326 g/mol. The van der Waals surface area contributed by atoms with Gasteiger partial charge in [0.2, 0.25) is 0 Å². The minimum atomic E-state index is -0.0972. The molecule has 2 heterocycles. The summed E-state index contributed by atoms with van der Waals surface area (Å²) in [4.78, 5) is 19.0. The van der Waals surface area contributed by atoms with Gasteiger partial charge in [-0.15, -0.1) is 0 Å². The van der Waals surface area contributed by atoms with Gasteiger partial charge in [0.05, 0.1) is 18.8 Å². The molecule has 1 aliphatic heterocycles. The average molecular weight is 326 g/mol. The maximum absolute atomic E-state index is 12.5. The van der Waals surface area contributed by atoms with Crippen LogP contribution in [0.5, 0.6) is 0 Å². The van der Waals surface area contributed by atoms with Crippen molar-refractivity contribution in [1.29, 1.82) is 0 Å². The fraction of sp³-hybridized carbons (Fsp3) is 0.333. The fourth-order valence-corrected chi connectivity index (χ4v) is 2.70. The van der Waals surface area contributed by atoms with Crippen LogP contribution in [-0.2, 0) is 11.2 Å². The SMILES string of the molecule is Nc1ccc(CCNC(=O)c2cccnc2N2CCOCC2)cc1. The van der Waals surface area contributed by atoms with Gasteiger partial charge < -0.3 is 20.7 Å². The highest BCUT2D eigenvalue weighted by atomic mass is 16.5. The molecule has 1 saturated heterocycles. The first-order chi connectivity index (χ1) is 11.7. The van der Waals surface area contributed by atoms with Gasteiger partial charge >= 0.3 is 0 Å². The van der Waals surface area contributed by atoms with Crippen molar-refractivity contribution >= 4 is 17.4 Å². The third-order valence-electron chi connectivity index (χ3n) is 4.02. The van der Waals surface area contributed by atoms with Crippen molar-refractivity contribution < 1.29 is 9.53 Å². The molecule has 0 radical (unpaired) electrons. The van der Waals surface area contributed by atoms with Crippen LogP contribution < -0.4 is 16.0 Å². The maximum atomic E-state index is 12.5. The van der Waals surface area contributed by atoms with Gasteiger partial charge in [0, 0.05) is 31.5 Å². The topological polar surface area (TPSA) is 80.5 Å². The van der Waals surface area contributed by atoms with E-state index in [1.165, 1.54) is 0 Å². The summed E-state index contributed by atoms with van der Waals surface area (Å²) in [6, 6.07) is 11.3. The number of nitrogens with two attached hydrogens (primary N) is 1. The molecule has 1 amide bonds. The fourth-order valence-electron chi connectivity index (χ4n) is 2.70. The van der Waals surface area contributed by atoms with Crippen molar-refractivity contribution in [3.05, 3.63) is 53.7 Å². The first-order valence-corrected chi connectivity index (χ1v) is 8.14. The maximum Gasteiger partial charge on any atom is 0.255 e. The van der Waals surface area contributed by atoms with Crippen LogP contribution in [0.4, 0.5) is 11.5 Å². The molecule has 24 heavy (non-hydrogen) atoms. The molecular weight excluding hydrogens is 304 g/mol. The van der Waals surface area contributed by atoms with E-state index in [0.717, 1.165) is 36.6 Å². The first kappa shape index (κ1) is 16.3. The Kier molecular flexibility index (Phi) is 5.28. The van der Waals surface area contributed by atoms with Gasteiger partial charge in [0.15, 0.2) is 0 Å². The Balaban J connectivity index is 1.61. The number of nitrogens with zero attached hydrogens (tertiary/aromatic N) is 2. The van der Waals surface area contributed by atoms with E-state index in [1.807, 2.05) is 30.3 Å². The standard InChI is InChI=1S/C18H22N4O2/c19-15-5-3-14(4-6-15)7-9-21-18(23)16-2-1-8-20-17(16)22-10-12-24-13-11-22/h1-6,8H,7,9-13,19H2,(H,21,23). The molecule has 3 rings (SSSR count). The summed E-state index contributed by atoms with van der Waals surface area (Å²) in [5, 5.41) is 2.97. The Morgan fingerprint density at radius 3 is 2.71 bits per heavy atom. The Labute approximate surface area is 141 Å². The minimum Gasteiger partial charge on any atom is -0.399 e. The van der Waals surface area contributed by atoms with Crippen LogP contribution in [0.2, 0.25) is 0 Å². The van der Waals surface area contributed by atoms with Gasteiger partial charge in [-0.25, -0.2) is 4.98 Å². The van der Waals surface area contributed by atoms with Crippen LogP contribution in [0.25, 0.3) is 0 Å². The second kappa shape index (κ2) is 7.79.